The van der Waals surface area contributed by atoms with Crippen LogP contribution in [0.1, 0.15) is 25.7 Å². The number of carbonyl (C=O) groups is 3. The molecule has 2 saturated heterocycles. The predicted molar refractivity (Wildman–Crippen MR) is 91.0 cm³/mol. The zero-order chi connectivity index (χ0) is 17.8. The van der Waals surface area contributed by atoms with E-state index in [2.05, 4.69) is 0 Å². The van der Waals surface area contributed by atoms with Gasteiger partial charge in [-0.1, -0.05) is 18.2 Å². The SMILES string of the molecule is NC(=O)N1CCC[C@H]1C(=O)N1CCC[C@H]1C(=O)COc1ccccc1. The first-order valence-electron chi connectivity index (χ1n) is 8.65. The molecule has 0 unspecified atom stereocenters. The van der Waals surface area contributed by atoms with Crippen LogP contribution in [0.5, 0.6) is 5.75 Å². The fourth-order valence-corrected chi connectivity index (χ4v) is 3.61. The Bertz CT molecular complexity index is 649. The van der Waals surface area contributed by atoms with Gasteiger partial charge in [0, 0.05) is 13.1 Å². The summed E-state index contributed by atoms with van der Waals surface area (Å²) in [5, 5.41) is 0. The minimum atomic E-state index is -0.578. The summed E-state index contributed by atoms with van der Waals surface area (Å²) in [6.45, 7) is 0.960. The molecule has 2 atom stereocenters. The van der Waals surface area contributed by atoms with Crippen molar-refractivity contribution in [2.45, 2.75) is 37.8 Å². The number of amides is 3. The molecule has 0 bridgehead atoms. The number of nitrogens with two attached hydrogens (primary N) is 1. The summed E-state index contributed by atoms with van der Waals surface area (Å²) in [7, 11) is 0. The molecule has 3 rings (SSSR count). The molecule has 0 aromatic heterocycles. The molecule has 2 aliphatic heterocycles. The summed E-state index contributed by atoms with van der Waals surface area (Å²) in [4.78, 5) is 39.9. The van der Waals surface area contributed by atoms with E-state index in [1.165, 1.54) is 4.90 Å². The summed E-state index contributed by atoms with van der Waals surface area (Å²) >= 11 is 0. The maximum absolute atomic E-state index is 12.8. The van der Waals surface area contributed by atoms with Gasteiger partial charge in [-0.3, -0.25) is 9.59 Å². The van der Waals surface area contributed by atoms with E-state index in [0.717, 1.165) is 12.8 Å². The van der Waals surface area contributed by atoms with Gasteiger partial charge in [-0.2, -0.15) is 0 Å². The summed E-state index contributed by atoms with van der Waals surface area (Å²) in [5.41, 5.74) is 5.36. The van der Waals surface area contributed by atoms with Gasteiger partial charge >= 0.3 is 6.03 Å². The van der Waals surface area contributed by atoms with E-state index in [1.807, 2.05) is 18.2 Å². The summed E-state index contributed by atoms with van der Waals surface area (Å²) < 4.78 is 5.52. The van der Waals surface area contributed by atoms with Crippen LogP contribution in [0, 0.1) is 0 Å². The largest absolute Gasteiger partial charge is 0.486 e. The molecular weight excluding hydrogens is 322 g/mol. The Morgan fingerprint density at radius 1 is 1.00 bits per heavy atom. The first-order chi connectivity index (χ1) is 12.1. The van der Waals surface area contributed by atoms with E-state index >= 15 is 0 Å². The fraction of sp³-hybridized carbons (Fsp3) is 0.500. The number of hydrogen-bond acceptors (Lipinski definition) is 4. The lowest BCUT2D eigenvalue weighted by atomic mass is 10.1. The van der Waals surface area contributed by atoms with Gasteiger partial charge in [-0.15, -0.1) is 0 Å². The van der Waals surface area contributed by atoms with E-state index in [9.17, 15) is 14.4 Å². The van der Waals surface area contributed by atoms with Crippen molar-refractivity contribution in [2.24, 2.45) is 5.73 Å². The smallest absolute Gasteiger partial charge is 0.315 e. The average molecular weight is 345 g/mol. The number of ketones is 1. The Kier molecular flexibility index (Phi) is 5.21. The number of primary amides is 1. The second-order valence-electron chi connectivity index (χ2n) is 6.45. The number of Topliss-reactive ketones (excluding diaryl/α,β-unsaturated/α-hetero) is 1. The molecule has 2 aliphatic rings. The Morgan fingerprint density at radius 3 is 2.32 bits per heavy atom. The summed E-state index contributed by atoms with van der Waals surface area (Å²) in [6, 6.07) is 7.52. The lowest BCUT2D eigenvalue weighted by Crippen LogP contribution is -2.52. The Balaban J connectivity index is 1.62. The van der Waals surface area contributed by atoms with Crippen molar-refractivity contribution < 1.29 is 19.1 Å². The Labute approximate surface area is 146 Å². The minimum absolute atomic E-state index is 0.0668. The third-order valence-electron chi connectivity index (χ3n) is 4.85. The Hall–Kier alpha value is -2.57. The normalized spacial score (nSPS) is 22.9. The van der Waals surface area contributed by atoms with Gasteiger partial charge in [-0.25, -0.2) is 4.79 Å². The van der Waals surface area contributed by atoms with Crippen LogP contribution in [0.15, 0.2) is 30.3 Å². The summed E-state index contributed by atoms with van der Waals surface area (Å²) in [5.74, 6) is 0.340. The van der Waals surface area contributed by atoms with Gasteiger partial charge in [0.25, 0.3) is 0 Å². The topological polar surface area (TPSA) is 92.9 Å². The van der Waals surface area contributed by atoms with Gasteiger partial charge in [0.2, 0.25) is 5.91 Å². The van der Waals surface area contributed by atoms with Crippen molar-refractivity contribution in [3.63, 3.8) is 0 Å². The number of para-hydroxylation sites is 1. The third-order valence-corrected chi connectivity index (χ3v) is 4.85. The number of rotatable bonds is 5. The number of ether oxygens (including phenoxy) is 1. The van der Waals surface area contributed by atoms with Crippen LogP contribution in [-0.2, 0) is 9.59 Å². The molecule has 2 fully saturated rings. The number of likely N-dealkylation sites (tertiary alicyclic amines) is 2. The molecule has 1 aromatic carbocycles. The number of carbonyl (C=O) groups excluding carboxylic acids is 3. The van der Waals surface area contributed by atoms with Crippen molar-refractivity contribution in [2.75, 3.05) is 19.7 Å². The predicted octanol–water partition coefficient (Wildman–Crippen LogP) is 1.17. The van der Waals surface area contributed by atoms with E-state index in [0.29, 0.717) is 31.7 Å². The van der Waals surface area contributed by atoms with Crippen LogP contribution in [-0.4, -0.2) is 59.3 Å². The molecule has 2 heterocycles. The first kappa shape index (κ1) is 17.3. The highest BCUT2D eigenvalue weighted by Gasteiger charge is 2.41. The van der Waals surface area contributed by atoms with Crippen molar-refractivity contribution in [3.05, 3.63) is 30.3 Å². The molecule has 2 N–H and O–H groups in total. The second-order valence-corrected chi connectivity index (χ2v) is 6.45. The standard InChI is InChI=1S/C18H23N3O4/c19-18(24)21-11-5-9-15(21)17(23)20-10-4-8-14(20)16(22)12-25-13-6-2-1-3-7-13/h1-3,6-7,14-15H,4-5,8-12H2,(H2,19,24)/t14-,15-/m0/s1. The van der Waals surface area contributed by atoms with Crippen LogP contribution in [0.25, 0.3) is 0 Å². The second kappa shape index (κ2) is 7.55. The van der Waals surface area contributed by atoms with Crippen LogP contribution in [0.4, 0.5) is 4.79 Å². The quantitative estimate of drug-likeness (QED) is 0.867. The van der Waals surface area contributed by atoms with Crippen LogP contribution in [0.2, 0.25) is 0 Å². The maximum Gasteiger partial charge on any atom is 0.315 e. The van der Waals surface area contributed by atoms with E-state index in [-0.39, 0.29) is 18.3 Å². The molecule has 0 radical (unpaired) electrons. The highest BCUT2D eigenvalue weighted by molar-refractivity contribution is 5.93. The third kappa shape index (κ3) is 3.75. The minimum Gasteiger partial charge on any atom is -0.486 e. The van der Waals surface area contributed by atoms with Crippen LogP contribution < -0.4 is 10.5 Å². The lowest BCUT2D eigenvalue weighted by molar-refractivity contribution is -0.141. The molecule has 134 valence electrons. The molecule has 25 heavy (non-hydrogen) atoms. The highest BCUT2D eigenvalue weighted by Crippen LogP contribution is 2.25. The van der Waals surface area contributed by atoms with Gasteiger partial charge < -0.3 is 20.3 Å². The molecule has 0 saturated carbocycles. The van der Waals surface area contributed by atoms with Gasteiger partial charge in [-0.05, 0) is 37.8 Å². The molecule has 0 aliphatic carbocycles. The van der Waals surface area contributed by atoms with Gasteiger partial charge in [0.05, 0.1) is 6.04 Å². The lowest BCUT2D eigenvalue weighted by Gasteiger charge is -2.30. The number of hydrogen-bond donors (Lipinski definition) is 1. The maximum atomic E-state index is 12.8. The van der Waals surface area contributed by atoms with Crippen molar-refractivity contribution >= 4 is 17.7 Å². The van der Waals surface area contributed by atoms with Crippen LogP contribution in [0.3, 0.4) is 0 Å². The van der Waals surface area contributed by atoms with Crippen molar-refractivity contribution in [1.82, 2.24) is 9.80 Å². The molecule has 7 heteroatoms. The molecule has 7 nitrogen and oxygen atoms in total. The van der Waals surface area contributed by atoms with Crippen molar-refractivity contribution in [1.29, 1.82) is 0 Å². The molecule has 1 aromatic rings. The number of benzene rings is 1. The van der Waals surface area contributed by atoms with Gasteiger partial charge in [0.15, 0.2) is 5.78 Å². The van der Waals surface area contributed by atoms with E-state index < -0.39 is 18.1 Å². The zero-order valence-corrected chi connectivity index (χ0v) is 14.1. The highest BCUT2D eigenvalue weighted by atomic mass is 16.5. The number of urea groups is 1. The monoisotopic (exact) mass is 345 g/mol. The van der Waals surface area contributed by atoms with E-state index in [1.54, 1.807) is 17.0 Å². The number of nitrogens with zero attached hydrogens (tertiary/aromatic N) is 2. The van der Waals surface area contributed by atoms with Gasteiger partial charge in [0.1, 0.15) is 18.4 Å². The zero-order valence-electron chi connectivity index (χ0n) is 14.1. The molecular formula is C18H23N3O4. The summed E-state index contributed by atoms with van der Waals surface area (Å²) in [6.07, 6.45) is 2.76. The van der Waals surface area contributed by atoms with Crippen LogP contribution >= 0.6 is 0 Å². The Morgan fingerprint density at radius 2 is 1.64 bits per heavy atom. The van der Waals surface area contributed by atoms with E-state index in [4.69, 9.17) is 10.5 Å². The molecule has 3 amide bonds. The fourth-order valence-electron chi connectivity index (χ4n) is 3.61. The average Bonchev–Trinajstić information content (AvgIpc) is 3.29. The van der Waals surface area contributed by atoms with Crippen molar-refractivity contribution in [3.8, 4) is 5.75 Å². The first-order valence-corrected chi connectivity index (χ1v) is 8.65. The molecule has 0 spiro atoms.